The van der Waals surface area contributed by atoms with E-state index >= 15 is 0 Å². The normalized spacial score (nSPS) is 26.1. The maximum Gasteiger partial charge on any atom is 0.0110 e. The van der Waals surface area contributed by atoms with Crippen LogP contribution in [0, 0.1) is 12.8 Å². The van der Waals surface area contributed by atoms with Crippen molar-refractivity contribution in [3.05, 3.63) is 6.92 Å². The topological polar surface area (TPSA) is 6.48 Å². The fraction of sp³-hybridized carbons (Fsp3) is 0.923. The second kappa shape index (κ2) is 6.87. The van der Waals surface area contributed by atoms with Crippen LogP contribution in [0.25, 0.3) is 0 Å². The Morgan fingerprint density at radius 1 is 0.938 bits per heavy atom. The zero-order valence-electron chi connectivity index (χ0n) is 10.4. The Kier molecular flexibility index (Phi) is 5.46. The summed E-state index contributed by atoms with van der Waals surface area (Å²) >= 11 is 2.10. The van der Waals surface area contributed by atoms with Gasteiger partial charge in [-0.2, -0.15) is 11.8 Å². The summed E-state index contributed by atoms with van der Waals surface area (Å²) in [4.78, 5) is 5.28. The highest BCUT2D eigenvalue weighted by atomic mass is 32.2. The first-order valence-electron chi connectivity index (χ1n) is 6.70. The lowest BCUT2D eigenvalue weighted by Crippen LogP contribution is -2.42. The van der Waals surface area contributed by atoms with Crippen molar-refractivity contribution in [2.75, 3.05) is 50.8 Å². The van der Waals surface area contributed by atoms with Crippen LogP contribution >= 0.6 is 11.8 Å². The molecule has 16 heavy (non-hydrogen) atoms. The third-order valence-electron chi connectivity index (χ3n) is 3.95. The lowest BCUT2D eigenvalue weighted by molar-refractivity contribution is 0.160. The summed E-state index contributed by atoms with van der Waals surface area (Å²) in [6, 6.07) is 0. The van der Waals surface area contributed by atoms with Gasteiger partial charge in [-0.25, -0.2) is 0 Å². The van der Waals surface area contributed by atoms with E-state index in [9.17, 15) is 0 Å². The van der Waals surface area contributed by atoms with Gasteiger partial charge in [0.25, 0.3) is 0 Å². The number of hydrogen-bond acceptors (Lipinski definition) is 3. The second-order valence-corrected chi connectivity index (χ2v) is 6.25. The first kappa shape index (κ1) is 12.7. The van der Waals surface area contributed by atoms with Crippen molar-refractivity contribution in [2.24, 2.45) is 5.92 Å². The van der Waals surface area contributed by atoms with Crippen molar-refractivity contribution in [1.82, 2.24) is 9.80 Å². The minimum absolute atomic E-state index is 0.905. The molecule has 0 bridgehead atoms. The third-order valence-corrected chi connectivity index (χ3v) is 4.89. The summed E-state index contributed by atoms with van der Waals surface area (Å²) in [6.45, 7) is 11.8. The Morgan fingerprint density at radius 3 is 2.06 bits per heavy atom. The van der Waals surface area contributed by atoms with Gasteiger partial charge in [0.1, 0.15) is 0 Å². The largest absolute Gasteiger partial charge is 0.302 e. The van der Waals surface area contributed by atoms with E-state index in [1.807, 2.05) is 0 Å². The van der Waals surface area contributed by atoms with Crippen LogP contribution < -0.4 is 0 Å². The molecule has 2 fully saturated rings. The fourth-order valence-corrected chi connectivity index (χ4v) is 3.59. The molecule has 0 N–H and O–H groups in total. The summed E-state index contributed by atoms with van der Waals surface area (Å²) < 4.78 is 0. The van der Waals surface area contributed by atoms with Gasteiger partial charge in [0.15, 0.2) is 0 Å². The predicted octanol–water partition coefficient (Wildman–Crippen LogP) is 1.97. The number of rotatable bonds is 4. The van der Waals surface area contributed by atoms with Gasteiger partial charge in [0, 0.05) is 37.7 Å². The molecule has 2 nitrogen and oxygen atoms in total. The standard InChI is InChI=1S/C13H25N2S/c1-2-13-3-5-14(6-4-13)7-8-15-9-11-16-12-10-15/h13H,1-12H2. The van der Waals surface area contributed by atoms with E-state index in [4.69, 9.17) is 0 Å². The van der Waals surface area contributed by atoms with E-state index in [-0.39, 0.29) is 0 Å². The van der Waals surface area contributed by atoms with Gasteiger partial charge in [0.05, 0.1) is 0 Å². The van der Waals surface area contributed by atoms with E-state index in [1.54, 1.807) is 0 Å². The highest BCUT2D eigenvalue weighted by Gasteiger charge is 2.18. The number of hydrogen-bond donors (Lipinski definition) is 0. The van der Waals surface area contributed by atoms with Crippen LogP contribution in [0.5, 0.6) is 0 Å². The molecule has 0 amide bonds. The van der Waals surface area contributed by atoms with E-state index in [2.05, 4.69) is 28.5 Å². The smallest absolute Gasteiger partial charge is 0.0110 e. The highest BCUT2D eigenvalue weighted by molar-refractivity contribution is 7.99. The van der Waals surface area contributed by atoms with Crippen molar-refractivity contribution in [1.29, 1.82) is 0 Å². The third kappa shape index (κ3) is 3.94. The summed E-state index contributed by atoms with van der Waals surface area (Å²) in [7, 11) is 0. The highest BCUT2D eigenvalue weighted by Crippen LogP contribution is 2.19. The molecule has 0 spiro atoms. The maximum absolute atomic E-state index is 4.02. The number of piperidine rings is 1. The first-order chi connectivity index (χ1) is 7.88. The van der Waals surface area contributed by atoms with Crippen molar-refractivity contribution >= 4 is 11.8 Å². The summed E-state index contributed by atoms with van der Waals surface area (Å²) in [6.07, 6.45) is 3.88. The maximum atomic E-state index is 4.02. The van der Waals surface area contributed by atoms with E-state index < -0.39 is 0 Å². The van der Waals surface area contributed by atoms with Gasteiger partial charge in [-0.1, -0.05) is 13.3 Å². The summed E-state index contributed by atoms with van der Waals surface area (Å²) in [5.74, 6) is 3.58. The molecule has 1 radical (unpaired) electrons. The van der Waals surface area contributed by atoms with Crippen LogP contribution in [0.4, 0.5) is 0 Å². The lowest BCUT2D eigenvalue weighted by Gasteiger charge is -2.34. The van der Waals surface area contributed by atoms with Crippen molar-refractivity contribution in [3.63, 3.8) is 0 Å². The van der Waals surface area contributed by atoms with Gasteiger partial charge in [-0.15, -0.1) is 0 Å². The van der Waals surface area contributed by atoms with Crippen LogP contribution in [-0.2, 0) is 0 Å². The zero-order valence-corrected chi connectivity index (χ0v) is 11.2. The average Bonchev–Trinajstić information content (AvgIpc) is 2.38. The number of thioether (sulfide) groups is 1. The van der Waals surface area contributed by atoms with Gasteiger partial charge < -0.3 is 9.80 Å². The molecule has 0 unspecified atom stereocenters. The van der Waals surface area contributed by atoms with E-state index in [0.29, 0.717) is 0 Å². The van der Waals surface area contributed by atoms with E-state index in [1.165, 1.54) is 63.6 Å². The van der Waals surface area contributed by atoms with Crippen molar-refractivity contribution in [2.45, 2.75) is 19.3 Å². The summed E-state index contributed by atoms with van der Waals surface area (Å²) in [5, 5.41) is 0. The van der Waals surface area contributed by atoms with Crippen LogP contribution in [0.3, 0.4) is 0 Å². The SMILES string of the molecule is [CH2]CC1CCN(CCN2CCSCC2)CC1. The molecular formula is C13H25N2S. The lowest BCUT2D eigenvalue weighted by atomic mass is 9.94. The Balaban J connectivity index is 1.59. The molecular weight excluding hydrogens is 216 g/mol. The van der Waals surface area contributed by atoms with Gasteiger partial charge >= 0.3 is 0 Å². The van der Waals surface area contributed by atoms with Crippen LogP contribution in [0.1, 0.15) is 19.3 Å². The summed E-state index contributed by atoms with van der Waals surface area (Å²) in [5.41, 5.74) is 0. The average molecular weight is 241 g/mol. The van der Waals surface area contributed by atoms with Gasteiger partial charge in [-0.3, -0.25) is 0 Å². The van der Waals surface area contributed by atoms with Crippen molar-refractivity contribution in [3.8, 4) is 0 Å². The van der Waals surface area contributed by atoms with Crippen LogP contribution in [-0.4, -0.2) is 60.6 Å². The minimum atomic E-state index is 0.905. The first-order valence-corrected chi connectivity index (χ1v) is 7.85. The zero-order chi connectivity index (χ0) is 11.2. The van der Waals surface area contributed by atoms with E-state index in [0.717, 1.165) is 12.3 Å². The Morgan fingerprint density at radius 2 is 1.50 bits per heavy atom. The van der Waals surface area contributed by atoms with Gasteiger partial charge in [-0.05, 0) is 31.8 Å². The molecule has 0 aliphatic carbocycles. The monoisotopic (exact) mass is 241 g/mol. The Labute approximate surface area is 105 Å². The molecule has 2 heterocycles. The molecule has 93 valence electrons. The Hall–Kier alpha value is 0.270. The predicted molar refractivity (Wildman–Crippen MR) is 72.9 cm³/mol. The molecule has 0 aromatic carbocycles. The molecule has 0 saturated carbocycles. The molecule has 3 heteroatoms. The molecule has 2 rings (SSSR count). The quantitative estimate of drug-likeness (QED) is 0.743. The van der Waals surface area contributed by atoms with Crippen LogP contribution in [0.2, 0.25) is 0 Å². The molecule has 0 aromatic heterocycles. The minimum Gasteiger partial charge on any atom is -0.302 e. The Bertz CT molecular complexity index is 184. The molecule has 2 saturated heterocycles. The molecule has 0 aromatic rings. The van der Waals surface area contributed by atoms with Gasteiger partial charge in [0.2, 0.25) is 0 Å². The second-order valence-electron chi connectivity index (χ2n) is 5.03. The molecule has 0 atom stereocenters. The number of nitrogens with zero attached hydrogens (tertiary/aromatic N) is 2. The molecule has 2 aliphatic rings. The fourth-order valence-electron chi connectivity index (χ4n) is 2.61. The van der Waals surface area contributed by atoms with Crippen LogP contribution in [0.15, 0.2) is 0 Å². The molecule has 2 aliphatic heterocycles. The van der Waals surface area contributed by atoms with Crippen molar-refractivity contribution < 1.29 is 0 Å². The number of likely N-dealkylation sites (tertiary alicyclic amines) is 1.